The molecule has 2 aromatic carbocycles. The van der Waals surface area contributed by atoms with Crippen LogP contribution in [0.3, 0.4) is 0 Å². The summed E-state index contributed by atoms with van der Waals surface area (Å²) < 4.78 is 5.25. The van der Waals surface area contributed by atoms with Gasteiger partial charge < -0.3 is 4.74 Å². The second-order valence-electron chi connectivity index (χ2n) is 4.98. The molecule has 0 aliphatic heterocycles. The number of ether oxygens (including phenoxy) is 1. The molecule has 1 atom stereocenters. The first-order valence-corrected chi connectivity index (χ1v) is 6.90. The number of hydrogen-bond acceptors (Lipinski definition) is 2. The van der Waals surface area contributed by atoms with E-state index in [4.69, 9.17) is 9.73 Å². The maximum Gasteiger partial charge on any atom is 0.119 e. The smallest absolute Gasteiger partial charge is 0.119 e. The largest absolute Gasteiger partial charge is 0.497 e. The molecule has 20 heavy (non-hydrogen) atoms. The van der Waals surface area contributed by atoms with E-state index in [1.807, 2.05) is 18.2 Å². The molecule has 1 unspecified atom stereocenters. The normalized spacial score (nSPS) is 13.1. The molecule has 104 valence electrons. The topological polar surface area (TPSA) is 21.6 Å². The maximum atomic E-state index is 5.25. The van der Waals surface area contributed by atoms with Crippen LogP contribution in [-0.4, -0.2) is 12.8 Å². The summed E-state index contributed by atoms with van der Waals surface area (Å²) in [6.45, 7) is 4.21. The lowest BCUT2D eigenvalue weighted by molar-refractivity contribution is 0.414. The molecule has 0 saturated heterocycles. The van der Waals surface area contributed by atoms with E-state index in [-0.39, 0.29) is 6.04 Å². The van der Waals surface area contributed by atoms with Crippen molar-refractivity contribution in [2.45, 2.75) is 26.3 Å². The molecule has 0 saturated carbocycles. The summed E-state index contributed by atoms with van der Waals surface area (Å²) in [6, 6.07) is 18.7. The molecule has 0 heterocycles. The van der Waals surface area contributed by atoms with Crippen molar-refractivity contribution in [1.29, 1.82) is 0 Å². The maximum absolute atomic E-state index is 5.25. The first kappa shape index (κ1) is 14.3. The van der Waals surface area contributed by atoms with Crippen molar-refractivity contribution in [1.82, 2.24) is 0 Å². The van der Waals surface area contributed by atoms with Crippen LogP contribution in [-0.2, 0) is 6.42 Å². The second-order valence-corrected chi connectivity index (χ2v) is 4.98. The first-order chi connectivity index (χ1) is 9.69. The zero-order chi connectivity index (χ0) is 14.4. The van der Waals surface area contributed by atoms with Crippen LogP contribution in [0.5, 0.6) is 5.75 Å². The minimum Gasteiger partial charge on any atom is -0.497 e. The Morgan fingerprint density at radius 2 is 1.85 bits per heavy atom. The SMILES string of the molecule is COc1cccc(CC(C)=NC(C)c2ccccc2)c1. The Labute approximate surface area is 121 Å². The van der Waals surface area contributed by atoms with Gasteiger partial charge in [0.05, 0.1) is 13.2 Å². The first-order valence-electron chi connectivity index (χ1n) is 6.90. The molecule has 0 aliphatic carbocycles. The summed E-state index contributed by atoms with van der Waals surface area (Å²) in [4.78, 5) is 4.77. The summed E-state index contributed by atoms with van der Waals surface area (Å²) in [7, 11) is 1.69. The summed E-state index contributed by atoms with van der Waals surface area (Å²) in [5, 5.41) is 0. The van der Waals surface area contributed by atoms with Crippen molar-refractivity contribution in [3.8, 4) is 5.75 Å². The molecular weight excluding hydrogens is 246 g/mol. The Bertz CT molecular complexity index is 575. The monoisotopic (exact) mass is 267 g/mol. The number of nitrogens with zero attached hydrogens (tertiary/aromatic N) is 1. The van der Waals surface area contributed by atoms with Gasteiger partial charge in [0.1, 0.15) is 5.75 Å². The molecule has 2 aromatic rings. The van der Waals surface area contributed by atoms with Gasteiger partial charge in [-0.3, -0.25) is 4.99 Å². The van der Waals surface area contributed by atoms with Crippen LogP contribution < -0.4 is 4.74 Å². The fourth-order valence-electron chi connectivity index (χ4n) is 2.26. The Morgan fingerprint density at radius 3 is 2.55 bits per heavy atom. The highest BCUT2D eigenvalue weighted by molar-refractivity contribution is 5.84. The summed E-state index contributed by atoms with van der Waals surface area (Å²) in [6.07, 6.45) is 0.856. The standard InChI is InChI=1S/C18H21NO/c1-14(12-16-8-7-11-18(13-16)20-3)19-15(2)17-9-5-4-6-10-17/h4-11,13,15H,12H2,1-3H3. The zero-order valence-corrected chi connectivity index (χ0v) is 12.3. The minimum absolute atomic E-state index is 0.196. The van der Waals surface area contributed by atoms with Crippen molar-refractivity contribution in [3.63, 3.8) is 0 Å². The second kappa shape index (κ2) is 6.90. The number of benzene rings is 2. The molecule has 2 nitrogen and oxygen atoms in total. The van der Waals surface area contributed by atoms with Crippen LogP contribution in [0.15, 0.2) is 59.6 Å². The van der Waals surface area contributed by atoms with Crippen LogP contribution in [0.1, 0.15) is 31.0 Å². The van der Waals surface area contributed by atoms with Gasteiger partial charge in [0, 0.05) is 12.1 Å². The highest BCUT2D eigenvalue weighted by atomic mass is 16.5. The van der Waals surface area contributed by atoms with Gasteiger partial charge >= 0.3 is 0 Å². The highest BCUT2D eigenvalue weighted by Gasteiger charge is 2.04. The molecule has 0 spiro atoms. The molecule has 0 N–H and O–H groups in total. The molecule has 0 fully saturated rings. The van der Waals surface area contributed by atoms with Crippen LogP contribution in [0, 0.1) is 0 Å². The molecule has 0 aromatic heterocycles. The molecule has 2 rings (SSSR count). The Kier molecular flexibility index (Phi) is 4.94. The number of hydrogen-bond donors (Lipinski definition) is 0. The van der Waals surface area contributed by atoms with E-state index < -0.39 is 0 Å². The third kappa shape index (κ3) is 3.95. The Hall–Kier alpha value is -2.09. The van der Waals surface area contributed by atoms with Crippen LogP contribution >= 0.6 is 0 Å². The third-order valence-corrected chi connectivity index (χ3v) is 3.29. The fraction of sp³-hybridized carbons (Fsp3) is 0.278. The zero-order valence-electron chi connectivity index (χ0n) is 12.3. The van der Waals surface area contributed by atoms with Crippen molar-refractivity contribution < 1.29 is 4.74 Å². The minimum atomic E-state index is 0.196. The predicted molar refractivity (Wildman–Crippen MR) is 84.7 cm³/mol. The highest BCUT2D eigenvalue weighted by Crippen LogP contribution is 2.18. The van der Waals surface area contributed by atoms with Gasteiger partial charge in [0.2, 0.25) is 0 Å². The van der Waals surface area contributed by atoms with Gasteiger partial charge in [-0.05, 0) is 37.1 Å². The van der Waals surface area contributed by atoms with Gasteiger partial charge in [-0.25, -0.2) is 0 Å². The lowest BCUT2D eigenvalue weighted by Crippen LogP contribution is -2.01. The van der Waals surface area contributed by atoms with Crippen LogP contribution in [0.2, 0.25) is 0 Å². The number of rotatable bonds is 5. The van der Waals surface area contributed by atoms with E-state index in [0.29, 0.717) is 0 Å². The quantitative estimate of drug-likeness (QED) is 0.733. The van der Waals surface area contributed by atoms with Crippen LogP contribution in [0.25, 0.3) is 0 Å². The van der Waals surface area contributed by atoms with E-state index in [2.05, 4.69) is 50.2 Å². The lowest BCUT2D eigenvalue weighted by atomic mass is 10.1. The average molecular weight is 267 g/mol. The molecule has 2 heteroatoms. The van der Waals surface area contributed by atoms with Gasteiger partial charge in [-0.2, -0.15) is 0 Å². The Balaban J connectivity index is 2.07. The van der Waals surface area contributed by atoms with Gasteiger partial charge in [-0.1, -0.05) is 42.5 Å². The van der Waals surface area contributed by atoms with Crippen molar-refractivity contribution in [3.05, 3.63) is 65.7 Å². The van der Waals surface area contributed by atoms with Crippen molar-refractivity contribution in [2.24, 2.45) is 4.99 Å². The van der Waals surface area contributed by atoms with E-state index in [1.165, 1.54) is 11.1 Å². The summed E-state index contributed by atoms with van der Waals surface area (Å²) in [5.74, 6) is 0.895. The van der Waals surface area contributed by atoms with Gasteiger partial charge in [0.25, 0.3) is 0 Å². The van der Waals surface area contributed by atoms with Gasteiger partial charge in [-0.15, -0.1) is 0 Å². The van der Waals surface area contributed by atoms with Crippen LogP contribution in [0.4, 0.5) is 0 Å². The molecule has 0 aliphatic rings. The van der Waals surface area contributed by atoms with E-state index >= 15 is 0 Å². The Morgan fingerprint density at radius 1 is 1.10 bits per heavy atom. The molecule has 0 radical (unpaired) electrons. The van der Waals surface area contributed by atoms with E-state index in [1.54, 1.807) is 7.11 Å². The fourth-order valence-corrected chi connectivity index (χ4v) is 2.26. The number of methoxy groups -OCH3 is 1. The molecule has 0 bridgehead atoms. The number of aliphatic imine (C=N–C) groups is 1. The van der Waals surface area contributed by atoms with E-state index in [0.717, 1.165) is 17.9 Å². The molecular formula is C18H21NO. The third-order valence-electron chi connectivity index (χ3n) is 3.29. The van der Waals surface area contributed by atoms with Crippen molar-refractivity contribution in [2.75, 3.05) is 7.11 Å². The van der Waals surface area contributed by atoms with Gasteiger partial charge in [0.15, 0.2) is 0 Å². The summed E-state index contributed by atoms with van der Waals surface area (Å²) in [5.41, 5.74) is 3.61. The van der Waals surface area contributed by atoms with Crippen molar-refractivity contribution >= 4 is 5.71 Å². The predicted octanol–water partition coefficient (Wildman–Crippen LogP) is 4.46. The molecule has 0 amide bonds. The van der Waals surface area contributed by atoms with E-state index in [9.17, 15) is 0 Å². The lowest BCUT2D eigenvalue weighted by Gasteiger charge is -2.09. The average Bonchev–Trinajstić information content (AvgIpc) is 2.48. The summed E-state index contributed by atoms with van der Waals surface area (Å²) >= 11 is 0.